The standard InChI is InChI=1S/C23H20N2O4S2/c1-15-24-17(13-30-15)14-31-22-6-4-3-5-20(22)23(26)28-12-19-11-21(25-29-19)16-7-9-18(27-2)10-8-16/h3-11,13H,12,14H2,1-2H3. The van der Waals surface area contributed by atoms with Crippen LogP contribution in [-0.4, -0.2) is 23.2 Å². The fourth-order valence-corrected chi connectivity index (χ4v) is 4.53. The molecule has 158 valence electrons. The predicted molar refractivity (Wildman–Crippen MR) is 120 cm³/mol. The summed E-state index contributed by atoms with van der Waals surface area (Å²) in [6.07, 6.45) is 0. The number of esters is 1. The van der Waals surface area contributed by atoms with E-state index in [0.29, 0.717) is 22.8 Å². The molecule has 0 saturated carbocycles. The Balaban J connectivity index is 1.38. The molecule has 4 rings (SSSR count). The number of hydrogen-bond donors (Lipinski definition) is 0. The molecule has 0 aliphatic rings. The Kier molecular flexibility index (Phi) is 6.69. The molecule has 0 aliphatic heterocycles. The third-order valence-corrected chi connectivity index (χ3v) is 6.37. The topological polar surface area (TPSA) is 74.5 Å². The number of methoxy groups -OCH3 is 1. The van der Waals surface area contributed by atoms with Crippen molar-refractivity contribution in [2.75, 3.05) is 7.11 Å². The molecule has 0 bridgehead atoms. The molecular formula is C23H20N2O4S2. The van der Waals surface area contributed by atoms with Gasteiger partial charge in [0, 0.05) is 27.7 Å². The van der Waals surface area contributed by atoms with E-state index in [0.717, 1.165) is 26.9 Å². The average Bonchev–Trinajstić information content (AvgIpc) is 3.45. The van der Waals surface area contributed by atoms with Gasteiger partial charge in [-0.15, -0.1) is 23.1 Å². The summed E-state index contributed by atoms with van der Waals surface area (Å²) < 4.78 is 16.0. The number of thioether (sulfide) groups is 1. The molecule has 4 aromatic rings. The van der Waals surface area contributed by atoms with Crippen LogP contribution in [0.1, 0.15) is 26.8 Å². The highest BCUT2D eigenvalue weighted by Gasteiger charge is 2.15. The molecule has 2 aromatic carbocycles. The van der Waals surface area contributed by atoms with E-state index in [1.54, 1.807) is 42.3 Å². The van der Waals surface area contributed by atoms with E-state index in [-0.39, 0.29) is 6.61 Å². The van der Waals surface area contributed by atoms with Crippen LogP contribution in [0.15, 0.2) is 69.4 Å². The van der Waals surface area contributed by atoms with Gasteiger partial charge in [0.25, 0.3) is 0 Å². The van der Waals surface area contributed by atoms with Crippen LogP contribution in [0.25, 0.3) is 11.3 Å². The zero-order valence-electron chi connectivity index (χ0n) is 17.0. The van der Waals surface area contributed by atoms with Crippen LogP contribution < -0.4 is 4.74 Å². The summed E-state index contributed by atoms with van der Waals surface area (Å²) >= 11 is 3.18. The molecule has 8 heteroatoms. The quantitative estimate of drug-likeness (QED) is 0.248. The van der Waals surface area contributed by atoms with Crippen LogP contribution in [0, 0.1) is 6.92 Å². The van der Waals surface area contributed by atoms with Crippen molar-refractivity contribution in [2.24, 2.45) is 0 Å². The second-order valence-corrected chi connectivity index (χ2v) is 8.71. The lowest BCUT2D eigenvalue weighted by Gasteiger charge is -2.08. The van der Waals surface area contributed by atoms with Crippen molar-refractivity contribution in [2.45, 2.75) is 24.2 Å². The van der Waals surface area contributed by atoms with Gasteiger partial charge < -0.3 is 14.0 Å². The summed E-state index contributed by atoms with van der Waals surface area (Å²) in [5.41, 5.74) is 3.09. The fraction of sp³-hybridized carbons (Fsp3) is 0.174. The Morgan fingerprint density at radius 2 is 1.97 bits per heavy atom. The first-order chi connectivity index (χ1) is 15.1. The number of carbonyl (C=O) groups excluding carboxylic acids is 1. The zero-order valence-corrected chi connectivity index (χ0v) is 18.7. The van der Waals surface area contributed by atoms with E-state index in [4.69, 9.17) is 14.0 Å². The van der Waals surface area contributed by atoms with E-state index in [9.17, 15) is 4.79 Å². The van der Waals surface area contributed by atoms with E-state index in [1.807, 2.05) is 54.8 Å². The van der Waals surface area contributed by atoms with Crippen molar-refractivity contribution in [3.63, 3.8) is 0 Å². The van der Waals surface area contributed by atoms with Gasteiger partial charge in [-0.1, -0.05) is 17.3 Å². The normalized spacial score (nSPS) is 10.8. The Labute approximate surface area is 188 Å². The molecule has 0 unspecified atom stereocenters. The number of thiazole rings is 1. The number of aryl methyl sites for hydroxylation is 1. The summed E-state index contributed by atoms with van der Waals surface area (Å²) in [5, 5.41) is 7.13. The summed E-state index contributed by atoms with van der Waals surface area (Å²) in [5.74, 6) is 1.53. The Morgan fingerprint density at radius 1 is 1.16 bits per heavy atom. The van der Waals surface area contributed by atoms with Gasteiger partial charge in [0.2, 0.25) is 0 Å². The number of benzene rings is 2. The van der Waals surface area contributed by atoms with Gasteiger partial charge in [0.15, 0.2) is 12.4 Å². The SMILES string of the molecule is COc1ccc(-c2cc(COC(=O)c3ccccc3SCc3csc(C)n3)on2)cc1. The smallest absolute Gasteiger partial charge is 0.339 e. The minimum atomic E-state index is -0.403. The van der Waals surface area contributed by atoms with Crippen molar-refractivity contribution in [1.82, 2.24) is 10.1 Å². The van der Waals surface area contributed by atoms with Gasteiger partial charge in [0.1, 0.15) is 11.4 Å². The van der Waals surface area contributed by atoms with E-state index in [2.05, 4.69) is 10.1 Å². The van der Waals surface area contributed by atoms with Crippen LogP contribution in [0.4, 0.5) is 0 Å². The molecule has 0 radical (unpaired) electrons. The van der Waals surface area contributed by atoms with Crippen molar-refractivity contribution < 1.29 is 18.8 Å². The maximum atomic E-state index is 12.7. The third kappa shape index (κ3) is 5.34. The second-order valence-electron chi connectivity index (χ2n) is 6.63. The van der Waals surface area contributed by atoms with Gasteiger partial charge in [0.05, 0.1) is 23.4 Å². The van der Waals surface area contributed by atoms with E-state index in [1.165, 1.54) is 0 Å². The van der Waals surface area contributed by atoms with Crippen molar-refractivity contribution in [3.8, 4) is 17.0 Å². The molecule has 2 aromatic heterocycles. The number of aromatic nitrogens is 2. The van der Waals surface area contributed by atoms with Crippen LogP contribution in [0.3, 0.4) is 0 Å². The highest BCUT2D eigenvalue weighted by atomic mass is 32.2. The average molecular weight is 453 g/mol. The lowest BCUT2D eigenvalue weighted by molar-refractivity contribution is 0.0433. The lowest BCUT2D eigenvalue weighted by atomic mass is 10.1. The van der Waals surface area contributed by atoms with Gasteiger partial charge in [-0.2, -0.15) is 0 Å². The number of carbonyl (C=O) groups is 1. The van der Waals surface area contributed by atoms with Crippen LogP contribution >= 0.6 is 23.1 Å². The highest BCUT2D eigenvalue weighted by Crippen LogP contribution is 2.28. The molecule has 0 atom stereocenters. The maximum Gasteiger partial charge on any atom is 0.339 e. The Hall–Kier alpha value is -3.10. The minimum Gasteiger partial charge on any atom is -0.497 e. The molecule has 0 saturated heterocycles. The number of rotatable bonds is 8. The number of ether oxygens (including phenoxy) is 2. The molecule has 31 heavy (non-hydrogen) atoms. The first-order valence-electron chi connectivity index (χ1n) is 9.52. The van der Waals surface area contributed by atoms with Gasteiger partial charge in [-0.05, 0) is 43.3 Å². The van der Waals surface area contributed by atoms with Crippen LogP contribution in [0.5, 0.6) is 5.75 Å². The number of hydrogen-bond acceptors (Lipinski definition) is 8. The molecular weight excluding hydrogens is 432 g/mol. The molecule has 0 fully saturated rings. The molecule has 0 amide bonds. The highest BCUT2D eigenvalue weighted by molar-refractivity contribution is 7.98. The molecule has 2 heterocycles. The van der Waals surface area contributed by atoms with Crippen molar-refractivity contribution >= 4 is 29.1 Å². The monoisotopic (exact) mass is 452 g/mol. The Bertz CT molecular complexity index is 1170. The van der Waals surface area contributed by atoms with E-state index >= 15 is 0 Å². The summed E-state index contributed by atoms with van der Waals surface area (Å²) in [4.78, 5) is 18.0. The summed E-state index contributed by atoms with van der Waals surface area (Å²) in [6, 6.07) is 16.7. The van der Waals surface area contributed by atoms with E-state index < -0.39 is 5.97 Å². The fourth-order valence-electron chi connectivity index (χ4n) is 2.88. The predicted octanol–water partition coefficient (Wildman–Crippen LogP) is 5.76. The largest absolute Gasteiger partial charge is 0.497 e. The first-order valence-corrected chi connectivity index (χ1v) is 11.4. The molecule has 0 N–H and O–H groups in total. The van der Waals surface area contributed by atoms with Crippen LogP contribution in [0.2, 0.25) is 0 Å². The Morgan fingerprint density at radius 3 is 2.71 bits per heavy atom. The number of nitrogens with zero attached hydrogens (tertiary/aromatic N) is 2. The van der Waals surface area contributed by atoms with Crippen molar-refractivity contribution in [1.29, 1.82) is 0 Å². The molecule has 6 nitrogen and oxygen atoms in total. The van der Waals surface area contributed by atoms with Crippen LogP contribution in [-0.2, 0) is 17.1 Å². The van der Waals surface area contributed by atoms with Gasteiger partial charge >= 0.3 is 5.97 Å². The van der Waals surface area contributed by atoms with Gasteiger partial charge in [-0.25, -0.2) is 9.78 Å². The molecule has 0 spiro atoms. The molecule has 0 aliphatic carbocycles. The van der Waals surface area contributed by atoms with Gasteiger partial charge in [-0.3, -0.25) is 0 Å². The summed E-state index contributed by atoms with van der Waals surface area (Å²) in [6.45, 7) is 1.99. The summed E-state index contributed by atoms with van der Waals surface area (Å²) in [7, 11) is 1.62. The first kappa shape index (κ1) is 21.1. The van der Waals surface area contributed by atoms with Crippen molar-refractivity contribution in [3.05, 3.63) is 82.0 Å². The maximum absolute atomic E-state index is 12.7. The minimum absolute atomic E-state index is 0.00622. The third-order valence-electron chi connectivity index (χ3n) is 4.44. The second kappa shape index (κ2) is 9.80. The lowest BCUT2D eigenvalue weighted by Crippen LogP contribution is -2.06. The zero-order chi connectivity index (χ0) is 21.6.